The van der Waals surface area contributed by atoms with Crippen LogP contribution in [0, 0.1) is 5.92 Å². The van der Waals surface area contributed by atoms with Crippen LogP contribution in [0.3, 0.4) is 0 Å². The van der Waals surface area contributed by atoms with Gasteiger partial charge in [0.05, 0.1) is 13.2 Å². The monoisotopic (exact) mass is 359 g/mol. The van der Waals surface area contributed by atoms with Crippen LogP contribution in [0.15, 0.2) is 36.5 Å². The summed E-state index contributed by atoms with van der Waals surface area (Å²) in [4.78, 5) is 14.5. The van der Waals surface area contributed by atoms with E-state index in [1.54, 1.807) is 13.2 Å². The quantitative estimate of drug-likeness (QED) is 0.660. The van der Waals surface area contributed by atoms with E-state index in [1.807, 2.05) is 30.5 Å². The fraction of sp³-hybridized carbons (Fsp3) is 0.591. The lowest BCUT2D eigenvalue weighted by Crippen LogP contribution is -2.28. The molecule has 0 spiro atoms. The van der Waals surface area contributed by atoms with Gasteiger partial charge in [-0.05, 0) is 56.9 Å². The SMILES string of the molecule is COc1ccc(C(O)CCN(/C=C/C(=O)C2CCCCC2)C(C)C)cc1. The third-order valence-electron chi connectivity index (χ3n) is 5.26. The fourth-order valence-electron chi connectivity index (χ4n) is 3.46. The van der Waals surface area contributed by atoms with E-state index in [0.29, 0.717) is 13.0 Å². The Hall–Kier alpha value is -1.81. The van der Waals surface area contributed by atoms with E-state index in [4.69, 9.17) is 4.74 Å². The third kappa shape index (κ3) is 6.17. The van der Waals surface area contributed by atoms with Crippen LogP contribution in [0.4, 0.5) is 0 Å². The van der Waals surface area contributed by atoms with Crippen molar-refractivity contribution in [3.8, 4) is 5.75 Å². The van der Waals surface area contributed by atoms with Crippen LogP contribution in [0.2, 0.25) is 0 Å². The molecule has 1 aliphatic rings. The van der Waals surface area contributed by atoms with Crippen molar-refractivity contribution in [3.05, 3.63) is 42.1 Å². The van der Waals surface area contributed by atoms with Crippen LogP contribution >= 0.6 is 0 Å². The van der Waals surface area contributed by atoms with Crippen molar-refractivity contribution in [2.45, 2.75) is 64.5 Å². The van der Waals surface area contributed by atoms with Crippen LogP contribution < -0.4 is 4.74 Å². The van der Waals surface area contributed by atoms with Crippen molar-refractivity contribution in [3.63, 3.8) is 0 Å². The average Bonchev–Trinajstić information content (AvgIpc) is 2.68. The Morgan fingerprint density at radius 2 is 1.88 bits per heavy atom. The lowest BCUT2D eigenvalue weighted by molar-refractivity contribution is -0.119. The summed E-state index contributed by atoms with van der Waals surface area (Å²) in [6.45, 7) is 4.92. The maximum Gasteiger partial charge on any atom is 0.160 e. The van der Waals surface area contributed by atoms with Crippen molar-refractivity contribution in [1.29, 1.82) is 0 Å². The molecule has 144 valence electrons. The number of carbonyl (C=O) groups is 1. The molecular formula is C22H33NO3. The predicted octanol–water partition coefficient (Wildman–Crippen LogP) is 4.49. The highest BCUT2D eigenvalue weighted by atomic mass is 16.5. The van der Waals surface area contributed by atoms with Gasteiger partial charge in [-0.3, -0.25) is 4.79 Å². The van der Waals surface area contributed by atoms with Crippen molar-refractivity contribution < 1.29 is 14.6 Å². The lowest BCUT2D eigenvalue weighted by atomic mass is 9.86. The normalized spacial score (nSPS) is 16.8. The molecule has 0 radical (unpaired) electrons. The summed E-state index contributed by atoms with van der Waals surface area (Å²) in [6, 6.07) is 7.80. The molecule has 1 N–H and O–H groups in total. The molecule has 0 amide bonds. The average molecular weight is 360 g/mol. The predicted molar refractivity (Wildman–Crippen MR) is 105 cm³/mol. The van der Waals surface area contributed by atoms with Gasteiger partial charge in [-0.15, -0.1) is 0 Å². The van der Waals surface area contributed by atoms with Crippen molar-refractivity contribution in [2.75, 3.05) is 13.7 Å². The van der Waals surface area contributed by atoms with E-state index in [9.17, 15) is 9.90 Å². The highest BCUT2D eigenvalue weighted by Crippen LogP contribution is 2.25. The molecule has 0 bridgehead atoms. The lowest BCUT2D eigenvalue weighted by Gasteiger charge is -2.26. The molecule has 1 aromatic carbocycles. The van der Waals surface area contributed by atoms with E-state index in [0.717, 1.165) is 24.2 Å². The van der Waals surface area contributed by atoms with Crippen LogP contribution in [0.25, 0.3) is 0 Å². The molecule has 4 heteroatoms. The zero-order valence-corrected chi connectivity index (χ0v) is 16.4. The zero-order chi connectivity index (χ0) is 18.9. The molecule has 1 fully saturated rings. The first kappa shape index (κ1) is 20.5. The van der Waals surface area contributed by atoms with Gasteiger partial charge >= 0.3 is 0 Å². The number of aliphatic hydroxyl groups is 1. The van der Waals surface area contributed by atoms with E-state index < -0.39 is 6.10 Å². The molecule has 26 heavy (non-hydrogen) atoms. The summed E-state index contributed by atoms with van der Waals surface area (Å²) in [6.07, 6.45) is 9.42. The molecule has 2 rings (SSSR count). The van der Waals surface area contributed by atoms with Gasteiger partial charge in [-0.1, -0.05) is 31.4 Å². The molecule has 1 aromatic rings. The molecule has 1 saturated carbocycles. The molecule has 4 nitrogen and oxygen atoms in total. The third-order valence-corrected chi connectivity index (χ3v) is 5.26. The van der Waals surface area contributed by atoms with Gasteiger partial charge in [-0.25, -0.2) is 0 Å². The minimum Gasteiger partial charge on any atom is -0.497 e. The second-order valence-corrected chi connectivity index (χ2v) is 7.46. The van der Waals surface area contributed by atoms with Crippen molar-refractivity contribution >= 4 is 5.78 Å². The number of hydrogen-bond acceptors (Lipinski definition) is 4. The molecule has 0 heterocycles. The number of methoxy groups -OCH3 is 1. The summed E-state index contributed by atoms with van der Waals surface area (Å²) in [7, 11) is 1.63. The first-order chi connectivity index (χ1) is 12.5. The molecule has 1 aliphatic carbocycles. The first-order valence-corrected chi connectivity index (χ1v) is 9.81. The molecule has 0 aromatic heterocycles. The van der Waals surface area contributed by atoms with Gasteiger partial charge in [0.2, 0.25) is 0 Å². The number of benzene rings is 1. The van der Waals surface area contributed by atoms with Crippen LogP contribution in [-0.4, -0.2) is 35.5 Å². The van der Waals surface area contributed by atoms with E-state index in [2.05, 4.69) is 18.7 Å². The van der Waals surface area contributed by atoms with Gasteiger partial charge in [0, 0.05) is 24.7 Å². The van der Waals surface area contributed by atoms with Gasteiger partial charge < -0.3 is 14.7 Å². The largest absolute Gasteiger partial charge is 0.497 e. The number of hydrogen-bond donors (Lipinski definition) is 1. The van der Waals surface area contributed by atoms with Gasteiger partial charge in [0.15, 0.2) is 5.78 Å². The number of aliphatic hydroxyl groups excluding tert-OH is 1. The Kier molecular flexibility index (Phi) is 8.17. The number of carbonyl (C=O) groups excluding carboxylic acids is 1. The van der Waals surface area contributed by atoms with Gasteiger partial charge in [0.1, 0.15) is 5.75 Å². The number of ketones is 1. The second kappa shape index (κ2) is 10.4. The van der Waals surface area contributed by atoms with Crippen molar-refractivity contribution in [1.82, 2.24) is 4.90 Å². The highest BCUT2D eigenvalue weighted by Gasteiger charge is 2.19. The van der Waals surface area contributed by atoms with Crippen LogP contribution in [0.5, 0.6) is 5.75 Å². The summed E-state index contributed by atoms with van der Waals surface area (Å²) in [5, 5.41) is 10.4. The summed E-state index contributed by atoms with van der Waals surface area (Å²) in [5.41, 5.74) is 0.886. The van der Waals surface area contributed by atoms with Crippen LogP contribution in [0.1, 0.15) is 64.0 Å². The Labute approximate surface area is 157 Å². The topological polar surface area (TPSA) is 49.8 Å². The van der Waals surface area contributed by atoms with Crippen LogP contribution in [-0.2, 0) is 4.79 Å². The Morgan fingerprint density at radius 3 is 2.46 bits per heavy atom. The summed E-state index contributed by atoms with van der Waals surface area (Å²) >= 11 is 0. The Morgan fingerprint density at radius 1 is 1.23 bits per heavy atom. The van der Waals surface area contributed by atoms with Crippen molar-refractivity contribution in [2.24, 2.45) is 5.92 Å². The zero-order valence-electron chi connectivity index (χ0n) is 16.4. The summed E-state index contributed by atoms with van der Waals surface area (Å²) < 4.78 is 5.15. The van der Waals surface area contributed by atoms with Gasteiger partial charge in [-0.2, -0.15) is 0 Å². The number of ether oxygens (including phenoxy) is 1. The standard InChI is InChI=1S/C22H33NO3/c1-17(2)23(15-13-21(24)18-7-5-4-6-8-18)16-14-22(25)19-9-11-20(26-3)12-10-19/h9-13,15,17-18,22,25H,4-8,14,16H2,1-3H3/b15-13+. The maximum absolute atomic E-state index is 12.4. The molecule has 0 aliphatic heterocycles. The minimum atomic E-state index is -0.524. The number of allylic oxidation sites excluding steroid dienone is 1. The first-order valence-electron chi connectivity index (χ1n) is 9.81. The second-order valence-electron chi connectivity index (χ2n) is 7.46. The fourth-order valence-corrected chi connectivity index (χ4v) is 3.46. The Bertz CT molecular complexity index is 574. The molecular weight excluding hydrogens is 326 g/mol. The van der Waals surface area contributed by atoms with E-state index in [-0.39, 0.29) is 17.7 Å². The molecule has 1 unspecified atom stereocenters. The smallest absolute Gasteiger partial charge is 0.160 e. The maximum atomic E-state index is 12.4. The number of nitrogens with zero attached hydrogens (tertiary/aromatic N) is 1. The van der Waals surface area contributed by atoms with E-state index >= 15 is 0 Å². The summed E-state index contributed by atoms with van der Waals surface area (Å²) in [5.74, 6) is 1.25. The molecule has 0 saturated heterocycles. The van der Waals surface area contributed by atoms with Gasteiger partial charge in [0.25, 0.3) is 0 Å². The number of rotatable bonds is 9. The molecule has 1 atom stereocenters. The minimum absolute atomic E-state index is 0.207. The highest BCUT2D eigenvalue weighted by molar-refractivity contribution is 5.91. The Balaban J connectivity index is 1.88. The van der Waals surface area contributed by atoms with E-state index in [1.165, 1.54) is 19.3 Å².